The summed E-state index contributed by atoms with van der Waals surface area (Å²) in [6, 6.07) is 11.3. The van der Waals surface area contributed by atoms with E-state index >= 15 is 0 Å². The van der Waals surface area contributed by atoms with Gasteiger partial charge in [0.25, 0.3) is 0 Å². The van der Waals surface area contributed by atoms with Crippen molar-refractivity contribution in [2.24, 2.45) is 0 Å². The molecule has 72 valence electrons. The van der Waals surface area contributed by atoms with Crippen LogP contribution in [0.1, 0.15) is 10.4 Å². The third kappa shape index (κ3) is 2.55. The summed E-state index contributed by atoms with van der Waals surface area (Å²) in [6.07, 6.45) is 0. The number of carbonyl (C=O) groups is 1. The molecule has 0 aliphatic heterocycles. The van der Waals surface area contributed by atoms with Crippen LogP contribution in [0, 0.1) is 3.57 Å². The first-order valence-electron chi connectivity index (χ1n) is 4.10. The summed E-state index contributed by atoms with van der Waals surface area (Å²) in [5, 5.41) is 11.0. The number of benzene rings is 2. The van der Waals surface area contributed by atoms with Crippen LogP contribution < -0.4 is 0 Å². The fraction of sp³-hybridized carbons (Fsp3) is 0. The Bertz CT molecular complexity index is 511. The molecule has 0 radical (unpaired) electrons. The molecule has 2 nitrogen and oxygen atoms in total. The Hall–Kier alpha value is -0.477. The largest absolute Gasteiger partial charge is 0.478 e. The summed E-state index contributed by atoms with van der Waals surface area (Å²) in [4.78, 5) is 10.9. The molecule has 0 unspecified atom stereocenters. The minimum absolute atomic E-state index is 0. The zero-order valence-electron chi connectivity index (χ0n) is 7.90. The topological polar surface area (TPSA) is 37.3 Å². The van der Waals surface area contributed by atoms with Crippen LogP contribution in [0.4, 0.5) is 0 Å². The van der Waals surface area contributed by atoms with Gasteiger partial charge in [-0.1, -0.05) is 24.3 Å². The number of carboxylic acid groups (broad SMARTS) is 1. The molecule has 0 spiro atoms. The van der Waals surface area contributed by atoms with E-state index in [1.807, 2.05) is 52.9 Å². The Balaban J connectivity index is 0.00000112. The first-order chi connectivity index (χ1) is 6.68. The predicted octanol–water partition coefficient (Wildman–Crippen LogP) is 3.14. The minimum atomic E-state index is -0.875. The van der Waals surface area contributed by atoms with Crippen LogP contribution in [-0.4, -0.2) is 11.1 Å². The number of hydrogen-bond donors (Lipinski definition) is 1. The van der Waals surface area contributed by atoms with Crippen LogP contribution in [0.5, 0.6) is 0 Å². The summed E-state index contributed by atoms with van der Waals surface area (Å²) in [6.45, 7) is 0. The van der Waals surface area contributed by atoms with Crippen molar-refractivity contribution in [3.05, 3.63) is 45.5 Å². The van der Waals surface area contributed by atoms with Crippen molar-refractivity contribution in [1.82, 2.24) is 0 Å². The van der Waals surface area contributed by atoms with E-state index in [0.29, 0.717) is 5.56 Å². The number of carboxylic acids is 1. The Morgan fingerprint density at radius 1 is 1.13 bits per heavy atom. The first kappa shape index (κ1) is 12.6. The van der Waals surface area contributed by atoms with Gasteiger partial charge in [0.2, 0.25) is 0 Å². The summed E-state index contributed by atoms with van der Waals surface area (Å²) in [5.74, 6) is -0.875. The zero-order valence-corrected chi connectivity index (χ0v) is 13.0. The monoisotopic (exact) mass is 362 g/mol. The van der Waals surface area contributed by atoms with E-state index < -0.39 is 5.97 Å². The normalized spacial score (nSPS) is 9.67. The van der Waals surface area contributed by atoms with Crippen molar-refractivity contribution < 1.29 is 29.4 Å². The summed E-state index contributed by atoms with van der Waals surface area (Å²) in [7, 11) is 0. The molecule has 4 heteroatoms. The van der Waals surface area contributed by atoms with Gasteiger partial charge in [-0.25, -0.2) is 4.79 Å². The fourth-order valence-electron chi connectivity index (χ4n) is 1.38. The number of hydrogen-bond acceptors (Lipinski definition) is 1. The van der Waals surface area contributed by atoms with E-state index in [9.17, 15) is 4.79 Å². The third-order valence-corrected chi connectivity index (χ3v) is 2.96. The van der Waals surface area contributed by atoms with Crippen molar-refractivity contribution >= 4 is 39.3 Å². The van der Waals surface area contributed by atoms with Crippen LogP contribution in [0.2, 0.25) is 0 Å². The van der Waals surface area contributed by atoms with Crippen molar-refractivity contribution in [2.75, 3.05) is 0 Å². The maximum atomic E-state index is 10.9. The van der Waals surface area contributed by atoms with Gasteiger partial charge >= 0.3 is 5.97 Å². The number of halogens is 1. The van der Waals surface area contributed by atoms with E-state index in [-0.39, 0.29) is 19.5 Å². The molecule has 0 atom stereocenters. The van der Waals surface area contributed by atoms with Gasteiger partial charge in [0.15, 0.2) is 0 Å². The van der Waals surface area contributed by atoms with Crippen molar-refractivity contribution in [1.29, 1.82) is 0 Å². The van der Waals surface area contributed by atoms with Gasteiger partial charge in [-0.3, -0.25) is 0 Å². The van der Waals surface area contributed by atoms with E-state index in [1.54, 1.807) is 6.07 Å². The second-order valence-corrected chi connectivity index (χ2v) is 4.15. The van der Waals surface area contributed by atoms with Gasteiger partial charge in [-0.15, -0.1) is 0 Å². The van der Waals surface area contributed by atoms with E-state index in [0.717, 1.165) is 14.3 Å². The number of rotatable bonds is 1. The van der Waals surface area contributed by atoms with Crippen molar-refractivity contribution in [3.63, 3.8) is 0 Å². The first-order valence-corrected chi connectivity index (χ1v) is 5.18. The number of fused-ring (bicyclic) bond motifs is 1. The van der Waals surface area contributed by atoms with Crippen molar-refractivity contribution in [3.8, 4) is 0 Å². The average Bonchev–Trinajstić information content (AvgIpc) is 2.16. The number of aromatic carboxylic acids is 1. The molecule has 0 fully saturated rings. The molecule has 0 aromatic heterocycles. The van der Waals surface area contributed by atoms with E-state index in [4.69, 9.17) is 5.11 Å². The predicted molar refractivity (Wildman–Crippen MR) is 63.6 cm³/mol. The SMILES string of the molecule is O=C(O)c1cc2ccccc2cc1I.[Zn]. The van der Waals surface area contributed by atoms with Gasteiger partial charge in [0.1, 0.15) is 0 Å². The maximum Gasteiger partial charge on any atom is 0.336 e. The smallest absolute Gasteiger partial charge is 0.336 e. The van der Waals surface area contributed by atoms with Gasteiger partial charge in [0.05, 0.1) is 5.56 Å². The molecule has 0 amide bonds. The summed E-state index contributed by atoms with van der Waals surface area (Å²) >= 11 is 2.04. The van der Waals surface area contributed by atoms with Gasteiger partial charge in [-0.05, 0) is 45.5 Å². The van der Waals surface area contributed by atoms with Gasteiger partial charge in [0, 0.05) is 23.0 Å². The Labute approximate surface area is 114 Å². The quantitative estimate of drug-likeness (QED) is 0.624. The Morgan fingerprint density at radius 2 is 1.67 bits per heavy atom. The summed E-state index contributed by atoms with van der Waals surface area (Å²) in [5.41, 5.74) is 0.365. The third-order valence-electron chi connectivity index (χ3n) is 2.07. The van der Waals surface area contributed by atoms with Gasteiger partial charge in [-0.2, -0.15) is 0 Å². The standard InChI is InChI=1S/C11H7IO2.Zn/c12-10-6-8-4-2-1-3-7(8)5-9(10)11(13)14;/h1-6H,(H,13,14);. The van der Waals surface area contributed by atoms with Crippen LogP contribution >= 0.6 is 22.6 Å². The van der Waals surface area contributed by atoms with E-state index in [2.05, 4.69) is 0 Å². The maximum absolute atomic E-state index is 10.9. The molecule has 15 heavy (non-hydrogen) atoms. The molecule has 1 N–H and O–H groups in total. The van der Waals surface area contributed by atoms with Crippen molar-refractivity contribution in [2.45, 2.75) is 0 Å². The fourth-order valence-corrected chi connectivity index (χ4v) is 2.10. The van der Waals surface area contributed by atoms with Crippen LogP contribution in [0.25, 0.3) is 10.8 Å². The molecule has 0 aliphatic rings. The molecule has 0 bridgehead atoms. The summed E-state index contributed by atoms with van der Waals surface area (Å²) < 4.78 is 0.772. The molecule has 0 saturated carbocycles. The molecule has 2 rings (SSSR count). The second kappa shape index (κ2) is 5.04. The molecule has 2 aromatic carbocycles. The second-order valence-electron chi connectivity index (χ2n) is 2.98. The Kier molecular flexibility index (Phi) is 4.23. The Morgan fingerprint density at radius 3 is 2.20 bits per heavy atom. The van der Waals surface area contributed by atoms with Crippen LogP contribution in [0.3, 0.4) is 0 Å². The van der Waals surface area contributed by atoms with Gasteiger partial charge < -0.3 is 5.11 Å². The van der Waals surface area contributed by atoms with E-state index in [1.165, 1.54) is 0 Å². The average molecular weight is 363 g/mol. The molecular weight excluding hydrogens is 356 g/mol. The van der Waals surface area contributed by atoms with Crippen LogP contribution in [-0.2, 0) is 19.5 Å². The zero-order chi connectivity index (χ0) is 10.1. The molecule has 0 aliphatic carbocycles. The van der Waals surface area contributed by atoms with Crippen LogP contribution in [0.15, 0.2) is 36.4 Å². The molecule has 2 aromatic rings. The molecule has 0 heterocycles. The minimum Gasteiger partial charge on any atom is -0.478 e. The molecule has 0 saturated heterocycles. The molecular formula is C11H7IO2Zn.